The van der Waals surface area contributed by atoms with Gasteiger partial charge in [-0.3, -0.25) is 0 Å². The van der Waals surface area contributed by atoms with Crippen molar-refractivity contribution >= 4 is 11.3 Å². The van der Waals surface area contributed by atoms with Crippen LogP contribution in [-0.4, -0.2) is 11.7 Å². The lowest BCUT2D eigenvalue weighted by molar-refractivity contribution is 0.0659. The highest BCUT2D eigenvalue weighted by Gasteiger charge is 2.50. The van der Waals surface area contributed by atoms with Crippen molar-refractivity contribution in [2.24, 2.45) is 17.3 Å². The van der Waals surface area contributed by atoms with E-state index in [0.717, 1.165) is 18.3 Å². The molecule has 2 aliphatic rings. The molecule has 0 amide bonds. The van der Waals surface area contributed by atoms with E-state index in [1.165, 1.54) is 30.6 Å². The third-order valence-electron chi connectivity index (χ3n) is 4.52. The minimum absolute atomic E-state index is 0.244. The molecule has 2 bridgehead atoms. The SMILES string of the molecule is OCC1(Cc2cccs2)CC2CCC1C2. The summed E-state index contributed by atoms with van der Waals surface area (Å²) in [5, 5.41) is 11.9. The van der Waals surface area contributed by atoms with E-state index in [-0.39, 0.29) is 5.41 Å². The first-order valence-corrected chi connectivity index (χ1v) is 6.84. The van der Waals surface area contributed by atoms with Crippen LogP contribution in [0.25, 0.3) is 0 Å². The zero-order chi connectivity index (χ0) is 10.3. The van der Waals surface area contributed by atoms with E-state index in [2.05, 4.69) is 17.5 Å². The van der Waals surface area contributed by atoms with Crippen LogP contribution in [0.2, 0.25) is 0 Å². The Balaban J connectivity index is 1.82. The average Bonchev–Trinajstić information content (AvgIpc) is 2.93. The first-order valence-electron chi connectivity index (χ1n) is 5.96. The number of hydrogen-bond donors (Lipinski definition) is 1. The molecule has 1 heterocycles. The molecular weight excluding hydrogens is 204 g/mol. The van der Waals surface area contributed by atoms with Crippen LogP contribution in [0.1, 0.15) is 30.6 Å². The quantitative estimate of drug-likeness (QED) is 0.833. The molecule has 1 nitrogen and oxygen atoms in total. The van der Waals surface area contributed by atoms with E-state index in [1.807, 2.05) is 11.3 Å². The van der Waals surface area contributed by atoms with E-state index >= 15 is 0 Å². The predicted octanol–water partition coefficient (Wildman–Crippen LogP) is 3.09. The highest BCUT2D eigenvalue weighted by molar-refractivity contribution is 7.09. The van der Waals surface area contributed by atoms with Crippen molar-refractivity contribution in [3.05, 3.63) is 22.4 Å². The summed E-state index contributed by atoms with van der Waals surface area (Å²) >= 11 is 1.84. The van der Waals surface area contributed by atoms with Gasteiger partial charge in [0, 0.05) is 16.9 Å². The summed E-state index contributed by atoms with van der Waals surface area (Å²) in [6.45, 7) is 0.395. The normalized spacial score (nSPS) is 38.7. The van der Waals surface area contributed by atoms with E-state index in [1.54, 1.807) is 0 Å². The van der Waals surface area contributed by atoms with Crippen LogP contribution in [0.3, 0.4) is 0 Å². The number of aliphatic hydroxyl groups is 1. The first-order chi connectivity index (χ1) is 7.32. The van der Waals surface area contributed by atoms with Gasteiger partial charge < -0.3 is 5.11 Å². The molecule has 1 aromatic rings. The summed E-state index contributed by atoms with van der Waals surface area (Å²) < 4.78 is 0. The summed E-state index contributed by atoms with van der Waals surface area (Å²) in [7, 11) is 0. The van der Waals surface area contributed by atoms with Crippen molar-refractivity contribution in [2.75, 3.05) is 6.61 Å². The highest BCUT2D eigenvalue weighted by atomic mass is 32.1. The second-order valence-corrected chi connectivity index (χ2v) is 6.39. The van der Waals surface area contributed by atoms with Crippen LogP contribution in [0, 0.1) is 17.3 Å². The Morgan fingerprint density at radius 1 is 1.47 bits per heavy atom. The molecule has 2 heteroatoms. The van der Waals surface area contributed by atoms with Crippen molar-refractivity contribution in [3.8, 4) is 0 Å². The highest BCUT2D eigenvalue weighted by Crippen LogP contribution is 2.57. The van der Waals surface area contributed by atoms with Gasteiger partial charge in [-0.1, -0.05) is 12.5 Å². The Morgan fingerprint density at radius 2 is 2.40 bits per heavy atom. The number of thiophene rings is 1. The number of fused-ring (bicyclic) bond motifs is 2. The third-order valence-corrected chi connectivity index (χ3v) is 5.40. The van der Waals surface area contributed by atoms with E-state index < -0.39 is 0 Å². The molecular formula is C13H18OS. The zero-order valence-corrected chi connectivity index (χ0v) is 9.80. The van der Waals surface area contributed by atoms with Crippen LogP contribution < -0.4 is 0 Å². The van der Waals surface area contributed by atoms with Crippen molar-refractivity contribution in [1.29, 1.82) is 0 Å². The molecule has 82 valence electrons. The number of rotatable bonds is 3. The molecule has 3 atom stereocenters. The maximum atomic E-state index is 9.74. The van der Waals surface area contributed by atoms with Gasteiger partial charge in [-0.05, 0) is 49.0 Å². The van der Waals surface area contributed by atoms with E-state index in [4.69, 9.17) is 0 Å². The minimum Gasteiger partial charge on any atom is -0.396 e. The van der Waals surface area contributed by atoms with Crippen molar-refractivity contribution in [2.45, 2.75) is 32.1 Å². The van der Waals surface area contributed by atoms with Crippen LogP contribution in [0.5, 0.6) is 0 Å². The maximum Gasteiger partial charge on any atom is 0.0493 e. The van der Waals surface area contributed by atoms with E-state index in [9.17, 15) is 5.11 Å². The van der Waals surface area contributed by atoms with Gasteiger partial charge in [-0.15, -0.1) is 11.3 Å². The molecule has 0 aromatic carbocycles. The molecule has 3 rings (SSSR count). The summed E-state index contributed by atoms with van der Waals surface area (Å²) in [5.74, 6) is 1.72. The predicted molar refractivity (Wildman–Crippen MR) is 63.0 cm³/mol. The Bertz CT molecular complexity index is 332. The summed E-state index contributed by atoms with van der Waals surface area (Å²) in [6, 6.07) is 4.34. The number of aliphatic hydroxyl groups excluding tert-OH is 1. The largest absolute Gasteiger partial charge is 0.396 e. The van der Waals surface area contributed by atoms with Crippen LogP contribution in [0.15, 0.2) is 17.5 Å². The Labute approximate surface area is 95.1 Å². The van der Waals surface area contributed by atoms with Gasteiger partial charge in [0.1, 0.15) is 0 Å². The third kappa shape index (κ3) is 1.55. The lowest BCUT2D eigenvalue weighted by Crippen LogP contribution is -2.33. The smallest absolute Gasteiger partial charge is 0.0493 e. The molecule has 0 radical (unpaired) electrons. The molecule has 3 unspecified atom stereocenters. The van der Waals surface area contributed by atoms with Crippen LogP contribution >= 0.6 is 11.3 Å². The molecule has 1 N–H and O–H groups in total. The lowest BCUT2D eigenvalue weighted by Gasteiger charge is -2.35. The summed E-state index contributed by atoms with van der Waals surface area (Å²) in [6.07, 6.45) is 6.54. The zero-order valence-electron chi connectivity index (χ0n) is 8.98. The maximum absolute atomic E-state index is 9.74. The van der Waals surface area contributed by atoms with Gasteiger partial charge in [0.2, 0.25) is 0 Å². The van der Waals surface area contributed by atoms with Gasteiger partial charge in [0.25, 0.3) is 0 Å². The summed E-state index contributed by atoms with van der Waals surface area (Å²) in [4.78, 5) is 1.46. The topological polar surface area (TPSA) is 20.2 Å². The van der Waals surface area contributed by atoms with Crippen LogP contribution in [0.4, 0.5) is 0 Å². The van der Waals surface area contributed by atoms with Crippen molar-refractivity contribution < 1.29 is 5.11 Å². The Hall–Kier alpha value is -0.340. The lowest BCUT2D eigenvalue weighted by atomic mass is 9.71. The fourth-order valence-corrected chi connectivity index (χ4v) is 4.64. The molecule has 0 spiro atoms. The van der Waals surface area contributed by atoms with Crippen molar-refractivity contribution in [1.82, 2.24) is 0 Å². The minimum atomic E-state index is 0.244. The second-order valence-electron chi connectivity index (χ2n) is 5.36. The van der Waals surface area contributed by atoms with Gasteiger partial charge in [0.15, 0.2) is 0 Å². The monoisotopic (exact) mass is 222 g/mol. The Kier molecular flexibility index (Phi) is 2.37. The second kappa shape index (κ2) is 3.60. The standard InChI is InChI=1S/C13H18OS/c14-9-13(8-12-2-1-5-15-12)7-10-3-4-11(13)6-10/h1-2,5,10-11,14H,3-4,6-9H2. The fraction of sp³-hybridized carbons (Fsp3) is 0.692. The first kappa shape index (κ1) is 9.86. The van der Waals surface area contributed by atoms with Gasteiger partial charge in [0.05, 0.1) is 0 Å². The molecule has 1 aromatic heterocycles. The fourth-order valence-electron chi connectivity index (χ4n) is 3.78. The van der Waals surface area contributed by atoms with E-state index in [0.29, 0.717) is 6.61 Å². The van der Waals surface area contributed by atoms with Gasteiger partial charge in [-0.25, -0.2) is 0 Å². The molecule has 0 saturated heterocycles. The summed E-state index contributed by atoms with van der Waals surface area (Å²) in [5.41, 5.74) is 0.244. The van der Waals surface area contributed by atoms with Gasteiger partial charge >= 0.3 is 0 Å². The van der Waals surface area contributed by atoms with Gasteiger partial charge in [-0.2, -0.15) is 0 Å². The molecule has 2 saturated carbocycles. The molecule has 2 aliphatic carbocycles. The average molecular weight is 222 g/mol. The van der Waals surface area contributed by atoms with Crippen LogP contribution in [-0.2, 0) is 6.42 Å². The molecule has 2 fully saturated rings. The van der Waals surface area contributed by atoms with Crippen molar-refractivity contribution in [3.63, 3.8) is 0 Å². The molecule has 0 aliphatic heterocycles. The Morgan fingerprint density at radius 3 is 2.93 bits per heavy atom. The number of hydrogen-bond acceptors (Lipinski definition) is 2. The molecule has 15 heavy (non-hydrogen) atoms.